The summed E-state index contributed by atoms with van der Waals surface area (Å²) in [7, 11) is 0. The molecule has 10 nitrogen and oxygen atoms in total. The van der Waals surface area contributed by atoms with Crippen LogP contribution in [0.5, 0.6) is 0 Å². The SMILES string of the molecule is CC1CN(c2c([N+](=O)[O-])cc(C(=O)O)cc2[N+](=O)[O-])CC(C)O1. The number of ether oxygens (including phenoxy) is 1. The number of carboxylic acids is 1. The predicted octanol–water partition coefficient (Wildman–Crippen LogP) is 1.81. The highest BCUT2D eigenvalue weighted by molar-refractivity contribution is 5.92. The van der Waals surface area contributed by atoms with Crippen LogP contribution in [0.2, 0.25) is 0 Å². The average molecular weight is 325 g/mol. The summed E-state index contributed by atoms with van der Waals surface area (Å²) in [5.74, 6) is -1.47. The van der Waals surface area contributed by atoms with Crippen LogP contribution in [0.4, 0.5) is 17.1 Å². The number of nitro benzene ring substituents is 2. The zero-order valence-corrected chi connectivity index (χ0v) is 12.5. The minimum Gasteiger partial charge on any atom is -0.478 e. The summed E-state index contributed by atoms with van der Waals surface area (Å²) in [5, 5.41) is 31.6. The lowest BCUT2D eigenvalue weighted by Gasteiger charge is -2.36. The van der Waals surface area contributed by atoms with Crippen molar-refractivity contribution in [1.29, 1.82) is 0 Å². The summed E-state index contributed by atoms with van der Waals surface area (Å²) in [5.41, 5.74) is -1.88. The Hall–Kier alpha value is -2.75. The van der Waals surface area contributed by atoms with E-state index in [1.807, 2.05) is 0 Å². The van der Waals surface area contributed by atoms with Crippen molar-refractivity contribution in [3.05, 3.63) is 37.9 Å². The van der Waals surface area contributed by atoms with Gasteiger partial charge in [0.1, 0.15) is 0 Å². The molecule has 1 N–H and O–H groups in total. The molecular formula is C13H15N3O7. The van der Waals surface area contributed by atoms with Crippen molar-refractivity contribution in [3.63, 3.8) is 0 Å². The van der Waals surface area contributed by atoms with Crippen molar-refractivity contribution in [2.75, 3.05) is 18.0 Å². The van der Waals surface area contributed by atoms with Gasteiger partial charge in [0.2, 0.25) is 0 Å². The van der Waals surface area contributed by atoms with E-state index in [1.54, 1.807) is 13.8 Å². The van der Waals surface area contributed by atoms with E-state index in [-0.39, 0.29) is 31.0 Å². The molecule has 1 aliphatic rings. The van der Waals surface area contributed by atoms with Gasteiger partial charge in [0.25, 0.3) is 0 Å². The average Bonchev–Trinajstić information content (AvgIpc) is 2.44. The number of carbonyl (C=O) groups is 1. The molecule has 0 spiro atoms. The quantitative estimate of drug-likeness (QED) is 0.653. The molecule has 0 saturated carbocycles. The van der Waals surface area contributed by atoms with Crippen LogP contribution in [0.3, 0.4) is 0 Å². The zero-order valence-electron chi connectivity index (χ0n) is 12.5. The van der Waals surface area contributed by atoms with Gasteiger partial charge >= 0.3 is 17.3 Å². The van der Waals surface area contributed by atoms with Crippen LogP contribution in [-0.2, 0) is 4.74 Å². The van der Waals surface area contributed by atoms with Crippen LogP contribution in [-0.4, -0.2) is 46.2 Å². The van der Waals surface area contributed by atoms with Crippen molar-refractivity contribution in [2.45, 2.75) is 26.1 Å². The molecule has 0 radical (unpaired) electrons. The maximum atomic E-state index is 11.3. The van der Waals surface area contributed by atoms with Crippen molar-refractivity contribution in [2.24, 2.45) is 0 Å². The molecule has 2 unspecified atom stereocenters. The number of morpholine rings is 1. The first-order valence-electron chi connectivity index (χ1n) is 6.81. The molecule has 0 aliphatic carbocycles. The fraction of sp³-hybridized carbons (Fsp3) is 0.462. The maximum Gasteiger partial charge on any atom is 0.336 e. The third-order valence-corrected chi connectivity index (χ3v) is 3.45. The largest absolute Gasteiger partial charge is 0.478 e. The van der Waals surface area contributed by atoms with Crippen molar-refractivity contribution in [3.8, 4) is 0 Å². The molecule has 1 fully saturated rings. The first kappa shape index (κ1) is 16.6. The van der Waals surface area contributed by atoms with E-state index < -0.39 is 32.8 Å². The summed E-state index contributed by atoms with van der Waals surface area (Å²) in [6.45, 7) is 3.98. The van der Waals surface area contributed by atoms with Crippen molar-refractivity contribution < 1.29 is 24.5 Å². The van der Waals surface area contributed by atoms with E-state index in [0.29, 0.717) is 0 Å². The number of anilines is 1. The number of hydrogen-bond acceptors (Lipinski definition) is 7. The van der Waals surface area contributed by atoms with Crippen LogP contribution in [0.15, 0.2) is 12.1 Å². The lowest BCUT2D eigenvalue weighted by molar-refractivity contribution is -0.392. The Kier molecular flexibility index (Phi) is 4.45. The van der Waals surface area contributed by atoms with Crippen LogP contribution in [0.25, 0.3) is 0 Å². The second-order valence-corrected chi connectivity index (χ2v) is 5.34. The van der Waals surface area contributed by atoms with Gasteiger partial charge in [-0.1, -0.05) is 0 Å². The Morgan fingerprint density at radius 3 is 1.96 bits per heavy atom. The number of nitrogens with zero attached hydrogens (tertiary/aromatic N) is 3. The molecule has 1 aromatic carbocycles. The van der Waals surface area contributed by atoms with Gasteiger partial charge in [-0.2, -0.15) is 0 Å². The Balaban J connectivity index is 2.66. The minimum absolute atomic E-state index is 0.188. The number of nitro groups is 2. The maximum absolute atomic E-state index is 11.3. The normalized spacial score (nSPS) is 21.0. The van der Waals surface area contributed by atoms with Crippen molar-refractivity contribution in [1.82, 2.24) is 0 Å². The van der Waals surface area contributed by atoms with Gasteiger partial charge in [0.15, 0.2) is 5.69 Å². The van der Waals surface area contributed by atoms with Gasteiger partial charge in [0, 0.05) is 25.2 Å². The molecule has 1 aliphatic heterocycles. The third-order valence-electron chi connectivity index (χ3n) is 3.45. The lowest BCUT2D eigenvalue weighted by atomic mass is 10.1. The number of aromatic carboxylic acids is 1. The number of rotatable bonds is 4. The third kappa shape index (κ3) is 3.37. The molecule has 10 heteroatoms. The van der Waals surface area contributed by atoms with Gasteiger partial charge in [-0.15, -0.1) is 0 Å². The van der Waals surface area contributed by atoms with E-state index in [0.717, 1.165) is 12.1 Å². The number of benzene rings is 1. The summed E-state index contributed by atoms with van der Waals surface area (Å²) in [6.07, 6.45) is -0.533. The summed E-state index contributed by atoms with van der Waals surface area (Å²) < 4.78 is 5.53. The summed E-state index contributed by atoms with van der Waals surface area (Å²) in [4.78, 5) is 33.6. The monoisotopic (exact) mass is 325 g/mol. The van der Waals surface area contributed by atoms with E-state index in [9.17, 15) is 25.0 Å². The van der Waals surface area contributed by atoms with E-state index in [1.165, 1.54) is 4.90 Å². The smallest absolute Gasteiger partial charge is 0.336 e. The predicted molar refractivity (Wildman–Crippen MR) is 78.9 cm³/mol. The summed E-state index contributed by atoms with van der Waals surface area (Å²) >= 11 is 0. The Morgan fingerprint density at radius 1 is 1.17 bits per heavy atom. The molecule has 1 heterocycles. The molecule has 0 amide bonds. The molecule has 1 saturated heterocycles. The molecule has 2 rings (SSSR count). The first-order valence-corrected chi connectivity index (χ1v) is 6.81. The highest BCUT2D eigenvalue weighted by Crippen LogP contribution is 2.40. The first-order chi connectivity index (χ1) is 10.7. The number of carboxylic acid groups (broad SMARTS) is 1. The van der Waals surface area contributed by atoms with Gasteiger partial charge < -0.3 is 14.7 Å². The lowest BCUT2D eigenvalue weighted by Crippen LogP contribution is -2.46. The summed E-state index contributed by atoms with van der Waals surface area (Å²) in [6, 6.07) is 1.69. The van der Waals surface area contributed by atoms with Crippen LogP contribution >= 0.6 is 0 Å². The minimum atomic E-state index is -1.47. The molecule has 23 heavy (non-hydrogen) atoms. The van der Waals surface area contributed by atoms with Gasteiger partial charge in [-0.05, 0) is 13.8 Å². The van der Waals surface area contributed by atoms with Crippen LogP contribution < -0.4 is 4.90 Å². The Morgan fingerprint density at radius 2 is 1.61 bits per heavy atom. The second kappa shape index (κ2) is 6.16. The van der Waals surface area contributed by atoms with Gasteiger partial charge in [-0.3, -0.25) is 20.2 Å². The fourth-order valence-electron chi connectivity index (χ4n) is 2.69. The highest BCUT2D eigenvalue weighted by Gasteiger charge is 2.35. The van der Waals surface area contributed by atoms with Gasteiger partial charge in [0.05, 0.1) is 27.6 Å². The van der Waals surface area contributed by atoms with Gasteiger partial charge in [-0.25, -0.2) is 4.79 Å². The zero-order chi connectivity index (χ0) is 17.3. The molecule has 124 valence electrons. The fourth-order valence-corrected chi connectivity index (χ4v) is 2.69. The van der Waals surface area contributed by atoms with Crippen LogP contribution in [0, 0.1) is 20.2 Å². The standard InChI is InChI=1S/C13H15N3O7/c1-7-5-14(6-8(2)23-7)12-10(15(19)20)3-9(13(17)18)4-11(12)16(21)22/h3-4,7-8H,5-6H2,1-2H3,(H,17,18). The second-order valence-electron chi connectivity index (χ2n) is 5.34. The molecular weight excluding hydrogens is 310 g/mol. The van der Waals surface area contributed by atoms with E-state index in [2.05, 4.69) is 0 Å². The topological polar surface area (TPSA) is 136 Å². The molecule has 2 atom stereocenters. The number of hydrogen-bond donors (Lipinski definition) is 1. The van der Waals surface area contributed by atoms with Crippen molar-refractivity contribution >= 4 is 23.0 Å². The Labute approximate surface area is 130 Å². The molecule has 1 aromatic rings. The molecule has 0 bridgehead atoms. The Bertz CT molecular complexity index is 631. The highest BCUT2D eigenvalue weighted by atomic mass is 16.6. The molecule has 0 aromatic heterocycles. The van der Waals surface area contributed by atoms with Crippen LogP contribution in [0.1, 0.15) is 24.2 Å². The van der Waals surface area contributed by atoms with E-state index in [4.69, 9.17) is 9.84 Å². The van der Waals surface area contributed by atoms with E-state index >= 15 is 0 Å².